The summed E-state index contributed by atoms with van der Waals surface area (Å²) in [5, 5.41) is 15.0. The molecule has 1 N–H and O–H groups in total. The van der Waals surface area contributed by atoms with Gasteiger partial charge in [-0.2, -0.15) is 4.89 Å². The van der Waals surface area contributed by atoms with Gasteiger partial charge >= 0.3 is 0 Å². The number of hydrogen-bond acceptors (Lipinski definition) is 7. The highest BCUT2D eigenvalue weighted by molar-refractivity contribution is 5.88. The Bertz CT molecular complexity index is 1380. The molecule has 0 amide bonds. The SMILES string of the molecule is CCCOOc1ccc(-c2ccc3c(c2COc2cc([N+](=O)[O-])ccc2C)C(C)=CC(C)(C)N3)c(OC)c1. The Kier molecular flexibility index (Phi) is 7.92. The Labute approximate surface area is 223 Å². The molecule has 0 unspecified atom stereocenters. The summed E-state index contributed by atoms with van der Waals surface area (Å²) in [5.74, 6) is 1.64. The maximum absolute atomic E-state index is 11.4. The number of nitro groups is 1. The summed E-state index contributed by atoms with van der Waals surface area (Å²) < 4.78 is 12.0. The Hall–Kier alpha value is -4.04. The molecular formula is C30H34N2O6. The van der Waals surface area contributed by atoms with Gasteiger partial charge in [0.25, 0.3) is 5.69 Å². The van der Waals surface area contributed by atoms with E-state index in [1.807, 2.05) is 32.0 Å². The molecule has 0 saturated heterocycles. The molecule has 1 aliphatic rings. The number of benzene rings is 3. The average Bonchev–Trinajstić information content (AvgIpc) is 2.87. The van der Waals surface area contributed by atoms with Gasteiger partial charge in [-0.1, -0.05) is 19.1 Å². The van der Waals surface area contributed by atoms with Crippen molar-refractivity contribution in [2.45, 2.75) is 53.2 Å². The van der Waals surface area contributed by atoms with Gasteiger partial charge in [0.2, 0.25) is 0 Å². The zero-order valence-electron chi connectivity index (χ0n) is 22.7. The van der Waals surface area contributed by atoms with E-state index in [0.29, 0.717) is 23.9 Å². The van der Waals surface area contributed by atoms with Crippen molar-refractivity contribution in [3.05, 3.63) is 81.4 Å². The zero-order valence-corrected chi connectivity index (χ0v) is 22.7. The van der Waals surface area contributed by atoms with Crippen molar-refractivity contribution in [1.29, 1.82) is 0 Å². The molecule has 38 heavy (non-hydrogen) atoms. The molecule has 0 fully saturated rings. The maximum Gasteiger partial charge on any atom is 0.273 e. The number of nitrogens with one attached hydrogen (secondary N) is 1. The first-order valence-corrected chi connectivity index (χ1v) is 12.6. The summed E-state index contributed by atoms with van der Waals surface area (Å²) in [6, 6.07) is 14.3. The topological polar surface area (TPSA) is 92.1 Å². The summed E-state index contributed by atoms with van der Waals surface area (Å²) in [6.07, 6.45) is 3.04. The predicted molar refractivity (Wildman–Crippen MR) is 149 cm³/mol. The molecule has 8 heteroatoms. The second-order valence-electron chi connectivity index (χ2n) is 9.95. The number of nitro benzene ring substituents is 1. The monoisotopic (exact) mass is 518 g/mol. The second-order valence-corrected chi connectivity index (χ2v) is 9.95. The molecule has 0 spiro atoms. The second kappa shape index (κ2) is 11.1. The Morgan fingerprint density at radius 3 is 2.47 bits per heavy atom. The number of allylic oxidation sites excluding steroid dienone is 1. The molecule has 3 aromatic carbocycles. The van der Waals surface area contributed by atoms with E-state index >= 15 is 0 Å². The quantitative estimate of drug-likeness (QED) is 0.129. The fourth-order valence-electron chi connectivity index (χ4n) is 4.75. The first-order chi connectivity index (χ1) is 18.1. The number of ether oxygens (including phenoxy) is 2. The van der Waals surface area contributed by atoms with Crippen LogP contribution >= 0.6 is 0 Å². The zero-order chi connectivity index (χ0) is 27.4. The number of hydrogen-bond donors (Lipinski definition) is 1. The van der Waals surface area contributed by atoms with Crippen LogP contribution in [-0.4, -0.2) is 24.2 Å². The number of methoxy groups -OCH3 is 1. The van der Waals surface area contributed by atoms with Gasteiger partial charge in [0, 0.05) is 34.5 Å². The lowest BCUT2D eigenvalue weighted by Crippen LogP contribution is -2.32. The van der Waals surface area contributed by atoms with Gasteiger partial charge in [-0.3, -0.25) is 10.1 Å². The van der Waals surface area contributed by atoms with Crippen LogP contribution in [0.25, 0.3) is 16.7 Å². The molecular weight excluding hydrogens is 484 g/mol. The molecule has 200 valence electrons. The van der Waals surface area contributed by atoms with E-state index in [0.717, 1.165) is 45.5 Å². The predicted octanol–water partition coefficient (Wildman–Crippen LogP) is 7.49. The third-order valence-corrected chi connectivity index (χ3v) is 6.40. The molecule has 0 atom stereocenters. The van der Waals surface area contributed by atoms with Crippen LogP contribution in [-0.2, 0) is 11.5 Å². The molecule has 3 aromatic rings. The van der Waals surface area contributed by atoms with E-state index in [2.05, 4.69) is 38.2 Å². The van der Waals surface area contributed by atoms with Gasteiger partial charge in [-0.15, -0.1) is 0 Å². The van der Waals surface area contributed by atoms with Crippen LogP contribution in [0.2, 0.25) is 0 Å². The molecule has 1 heterocycles. The number of anilines is 1. The van der Waals surface area contributed by atoms with Gasteiger partial charge in [0.1, 0.15) is 18.1 Å². The van der Waals surface area contributed by atoms with Crippen molar-refractivity contribution in [3.8, 4) is 28.4 Å². The van der Waals surface area contributed by atoms with Crippen molar-refractivity contribution >= 4 is 16.9 Å². The van der Waals surface area contributed by atoms with Gasteiger partial charge in [0.15, 0.2) is 5.75 Å². The van der Waals surface area contributed by atoms with Gasteiger partial charge in [-0.25, -0.2) is 0 Å². The van der Waals surface area contributed by atoms with Crippen molar-refractivity contribution < 1.29 is 24.2 Å². The maximum atomic E-state index is 11.4. The highest BCUT2D eigenvalue weighted by Crippen LogP contribution is 2.43. The van der Waals surface area contributed by atoms with Crippen molar-refractivity contribution in [2.24, 2.45) is 0 Å². The lowest BCUT2D eigenvalue weighted by atomic mass is 9.85. The van der Waals surface area contributed by atoms with Crippen molar-refractivity contribution in [1.82, 2.24) is 0 Å². The summed E-state index contributed by atoms with van der Waals surface area (Å²) in [7, 11) is 1.62. The molecule has 0 saturated carbocycles. The third kappa shape index (κ3) is 5.75. The summed E-state index contributed by atoms with van der Waals surface area (Å²) in [5.41, 5.74) is 6.50. The average molecular weight is 519 g/mol. The van der Waals surface area contributed by atoms with Crippen LogP contribution in [0.4, 0.5) is 11.4 Å². The molecule has 0 aliphatic carbocycles. The lowest BCUT2D eigenvalue weighted by Gasteiger charge is -2.33. The van der Waals surface area contributed by atoms with E-state index in [-0.39, 0.29) is 17.8 Å². The van der Waals surface area contributed by atoms with E-state index in [1.165, 1.54) is 12.1 Å². The Balaban J connectivity index is 1.81. The number of nitrogens with zero attached hydrogens (tertiary/aromatic N) is 1. The number of rotatable bonds is 10. The minimum atomic E-state index is -0.417. The highest BCUT2D eigenvalue weighted by atomic mass is 17.2. The molecule has 4 rings (SSSR count). The van der Waals surface area contributed by atoms with Crippen LogP contribution in [0.15, 0.2) is 54.6 Å². The first-order valence-electron chi connectivity index (χ1n) is 12.6. The van der Waals surface area contributed by atoms with Crippen LogP contribution < -0.4 is 19.7 Å². The Morgan fingerprint density at radius 2 is 1.76 bits per heavy atom. The van der Waals surface area contributed by atoms with Crippen LogP contribution in [0.3, 0.4) is 0 Å². The fourth-order valence-corrected chi connectivity index (χ4v) is 4.75. The molecule has 8 nitrogen and oxygen atoms in total. The summed E-state index contributed by atoms with van der Waals surface area (Å²) >= 11 is 0. The van der Waals surface area contributed by atoms with Crippen molar-refractivity contribution in [3.63, 3.8) is 0 Å². The van der Waals surface area contributed by atoms with Crippen LogP contribution in [0.5, 0.6) is 17.2 Å². The van der Waals surface area contributed by atoms with Crippen LogP contribution in [0.1, 0.15) is 50.8 Å². The van der Waals surface area contributed by atoms with Crippen LogP contribution in [0, 0.1) is 17.0 Å². The first kappa shape index (κ1) is 27.0. The summed E-state index contributed by atoms with van der Waals surface area (Å²) in [4.78, 5) is 21.6. The molecule has 0 aromatic heterocycles. The van der Waals surface area contributed by atoms with E-state index in [1.54, 1.807) is 19.2 Å². The fraction of sp³-hybridized carbons (Fsp3) is 0.333. The third-order valence-electron chi connectivity index (χ3n) is 6.40. The lowest BCUT2D eigenvalue weighted by molar-refractivity contribution is -0.385. The molecule has 0 bridgehead atoms. The number of fused-ring (bicyclic) bond motifs is 1. The number of non-ortho nitro benzene ring substituents is 1. The van der Waals surface area contributed by atoms with E-state index < -0.39 is 4.92 Å². The smallest absolute Gasteiger partial charge is 0.273 e. The minimum absolute atomic E-state index is 0.0112. The molecule has 0 radical (unpaired) electrons. The van der Waals surface area contributed by atoms with Crippen molar-refractivity contribution in [2.75, 3.05) is 19.0 Å². The normalized spacial score (nSPS) is 13.7. The van der Waals surface area contributed by atoms with Gasteiger partial charge in [-0.05, 0) is 75.1 Å². The summed E-state index contributed by atoms with van der Waals surface area (Å²) in [6.45, 7) is 10.9. The standard InChI is InChI=1S/C30H34N2O6/c1-7-14-37-38-22-10-11-24(28(16-22)35-6)23-12-13-26-29(20(3)17-30(4,5)31-26)25(23)18-36-27-15-21(32(33)34)9-8-19(27)2/h8-13,15-17,31H,7,14,18H2,1-6H3. The Morgan fingerprint density at radius 1 is 1.00 bits per heavy atom. The van der Waals surface area contributed by atoms with E-state index in [9.17, 15) is 10.1 Å². The highest BCUT2D eigenvalue weighted by Gasteiger charge is 2.27. The molecule has 1 aliphatic heterocycles. The number of aryl methyl sites for hydroxylation is 1. The van der Waals surface area contributed by atoms with Gasteiger partial charge in [0.05, 0.1) is 30.2 Å². The largest absolute Gasteiger partial charge is 0.496 e. The minimum Gasteiger partial charge on any atom is -0.496 e. The van der Waals surface area contributed by atoms with Gasteiger partial charge < -0.3 is 19.7 Å². The van der Waals surface area contributed by atoms with E-state index in [4.69, 9.17) is 19.2 Å².